The second kappa shape index (κ2) is 8.08. The molecule has 2 atom stereocenters. The van der Waals surface area contributed by atoms with E-state index in [0.717, 1.165) is 36.1 Å². The van der Waals surface area contributed by atoms with Crippen molar-refractivity contribution in [2.45, 2.75) is 51.1 Å². The number of fused-ring (bicyclic) bond motifs is 1. The molecule has 8 heteroatoms. The Labute approximate surface area is 175 Å². The topological polar surface area (TPSA) is 96.0 Å². The predicted octanol–water partition coefficient (Wildman–Crippen LogP) is 1.62. The number of hydrogen-bond donors (Lipinski definition) is 1. The van der Waals surface area contributed by atoms with Gasteiger partial charge in [0.1, 0.15) is 12.1 Å². The lowest BCUT2D eigenvalue weighted by molar-refractivity contribution is -0.154. The number of hydrogen-bond acceptors (Lipinski definition) is 5. The molecule has 1 aromatic rings. The van der Waals surface area contributed by atoms with Gasteiger partial charge in [0.15, 0.2) is 6.61 Å². The van der Waals surface area contributed by atoms with Crippen molar-refractivity contribution >= 4 is 23.8 Å². The van der Waals surface area contributed by atoms with Gasteiger partial charge >= 0.3 is 12.0 Å². The van der Waals surface area contributed by atoms with Gasteiger partial charge in [0, 0.05) is 13.1 Å². The second-order valence-electron chi connectivity index (χ2n) is 8.43. The van der Waals surface area contributed by atoms with Gasteiger partial charge in [-0.2, -0.15) is 0 Å². The summed E-state index contributed by atoms with van der Waals surface area (Å²) in [6.07, 6.45) is 4.09. The van der Waals surface area contributed by atoms with Crippen LogP contribution in [-0.2, 0) is 32.1 Å². The van der Waals surface area contributed by atoms with E-state index in [1.165, 1.54) is 5.56 Å². The molecule has 30 heavy (non-hydrogen) atoms. The van der Waals surface area contributed by atoms with E-state index in [2.05, 4.69) is 11.4 Å². The third kappa shape index (κ3) is 3.66. The van der Waals surface area contributed by atoms with Crippen molar-refractivity contribution in [1.82, 2.24) is 15.1 Å². The third-order valence-corrected chi connectivity index (χ3v) is 6.63. The molecule has 1 spiro atoms. The van der Waals surface area contributed by atoms with Gasteiger partial charge in [-0.1, -0.05) is 44.0 Å². The van der Waals surface area contributed by atoms with Crippen molar-refractivity contribution in [2.75, 3.05) is 19.7 Å². The number of benzene rings is 1. The lowest BCUT2D eigenvalue weighted by Gasteiger charge is -2.36. The van der Waals surface area contributed by atoms with Crippen LogP contribution in [0.5, 0.6) is 0 Å². The summed E-state index contributed by atoms with van der Waals surface area (Å²) in [7, 11) is 0. The van der Waals surface area contributed by atoms with Crippen molar-refractivity contribution in [2.24, 2.45) is 5.92 Å². The summed E-state index contributed by atoms with van der Waals surface area (Å²) >= 11 is 0. The van der Waals surface area contributed by atoms with E-state index >= 15 is 0 Å². The molecule has 1 saturated carbocycles. The van der Waals surface area contributed by atoms with Crippen LogP contribution in [0.25, 0.3) is 0 Å². The minimum Gasteiger partial charge on any atom is -0.454 e. The molecule has 160 valence electrons. The molecule has 0 aromatic heterocycles. The highest BCUT2D eigenvalue weighted by molar-refractivity contribution is 6.09. The van der Waals surface area contributed by atoms with E-state index in [1.54, 1.807) is 4.90 Å². The molecule has 4 rings (SSSR count). The minimum absolute atomic E-state index is 0.0206. The number of nitrogens with zero attached hydrogens (tertiary/aromatic N) is 2. The van der Waals surface area contributed by atoms with Crippen molar-refractivity contribution in [3.8, 4) is 0 Å². The predicted molar refractivity (Wildman–Crippen MR) is 107 cm³/mol. The van der Waals surface area contributed by atoms with E-state index in [0.29, 0.717) is 19.5 Å². The van der Waals surface area contributed by atoms with Crippen molar-refractivity contribution < 1.29 is 23.9 Å². The lowest BCUT2D eigenvalue weighted by atomic mass is 9.73. The van der Waals surface area contributed by atoms with E-state index in [1.807, 2.05) is 25.1 Å². The number of ether oxygens (including phenoxy) is 1. The number of amides is 4. The van der Waals surface area contributed by atoms with Gasteiger partial charge in [0.05, 0.1) is 0 Å². The van der Waals surface area contributed by atoms with Gasteiger partial charge in [-0.3, -0.25) is 19.3 Å². The Bertz CT molecular complexity index is 885. The Morgan fingerprint density at radius 3 is 2.73 bits per heavy atom. The Morgan fingerprint density at radius 1 is 1.20 bits per heavy atom. The lowest BCUT2D eigenvalue weighted by Crippen LogP contribution is -2.54. The van der Waals surface area contributed by atoms with Crippen LogP contribution >= 0.6 is 0 Å². The van der Waals surface area contributed by atoms with Crippen molar-refractivity contribution in [3.05, 3.63) is 35.4 Å². The van der Waals surface area contributed by atoms with E-state index in [-0.39, 0.29) is 17.7 Å². The Morgan fingerprint density at radius 2 is 1.97 bits per heavy atom. The zero-order valence-electron chi connectivity index (χ0n) is 17.2. The number of imide groups is 1. The van der Waals surface area contributed by atoms with Gasteiger partial charge in [0.2, 0.25) is 0 Å². The van der Waals surface area contributed by atoms with Crippen LogP contribution in [0.3, 0.4) is 0 Å². The molecule has 1 N–H and O–H groups in total. The van der Waals surface area contributed by atoms with Crippen LogP contribution in [0.1, 0.15) is 43.7 Å². The highest BCUT2D eigenvalue weighted by Crippen LogP contribution is 2.38. The van der Waals surface area contributed by atoms with Gasteiger partial charge in [-0.15, -0.1) is 0 Å². The fourth-order valence-electron chi connectivity index (χ4n) is 4.76. The summed E-state index contributed by atoms with van der Waals surface area (Å²) in [6, 6.07) is 7.39. The Hall–Kier alpha value is -2.90. The fraction of sp³-hybridized carbons (Fsp3) is 0.545. The zero-order valence-corrected chi connectivity index (χ0v) is 17.2. The Balaban J connectivity index is 1.30. The van der Waals surface area contributed by atoms with Crippen LogP contribution in [0.4, 0.5) is 4.79 Å². The van der Waals surface area contributed by atoms with Gasteiger partial charge in [0.25, 0.3) is 11.8 Å². The maximum Gasteiger partial charge on any atom is 0.326 e. The van der Waals surface area contributed by atoms with E-state index < -0.39 is 30.7 Å². The first-order valence-corrected chi connectivity index (χ1v) is 10.5. The standard InChI is InChI=1S/C22H27N3O5/c1-15-6-4-5-10-22(15)20(28)25(21(29)23-22)13-19(27)30-14-18(26)24-11-9-16-7-2-3-8-17(16)12-24/h2-3,7-8,15H,4-6,9-14H2,1H3,(H,23,29)/t15-,22-/m0/s1. The second-order valence-corrected chi connectivity index (χ2v) is 8.43. The maximum atomic E-state index is 12.9. The molecule has 0 radical (unpaired) electrons. The largest absolute Gasteiger partial charge is 0.454 e. The first kappa shape index (κ1) is 20.4. The molecule has 2 heterocycles. The number of esters is 1. The first-order valence-electron chi connectivity index (χ1n) is 10.5. The highest BCUT2D eigenvalue weighted by atomic mass is 16.5. The molecule has 8 nitrogen and oxygen atoms in total. The van der Waals surface area contributed by atoms with Gasteiger partial charge in [-0.05, 0) is 36.3 Å². The molecule has 0 unspecified atom stereocenters. The number of carbonyl (C=O) groups is 4. The first-order chi connectivity index (χ1) is 14.4. The number of carbonyl (C=O) groups excluding carboxylic acids is 4. The average Bonchev–Trinajstić information content (AvgIpc) is 2.98. The normalized spacial score (nSPS) is 25.8. The van der Waals surface area contributed by atoms with Gasteiger partial charge < -0.3 is 15.0 Å². The number of rotatable bonds is 4. The molecule has 0 bridgehead atoms. The highest BCUT2D eigenvalue weighted by Gasteiger charge is 2.55. The summed E-state index contributed by atoms with van der Waals surface area (Å²) < 4.78 is 5.10. The summed E-state index contributed by atoms with van der Waals surface area (Å²) in [5.41, 5.74) is 1.41. The molecule has 4 amide bonds. The molecule has 3 aliphatic rings. The van der Waals surface area contributed by atoms with Crippen molar-refractivity contribution in [3.63, 3.8) is 0 Å². The van der Waals surface area contributed by atoms with Crippen LogP contribution in [0.2, 0.25) is 0 Å². The molecule has 2 aliphatic heterocycles. The van der Waals surface area contributed by atoms with E-state index in [9.17, 15) is 19.2 Å². The van der Waals surface area contributed by atoms with Crippen LogP contribution < -0.4 is 5.32 Å². The third-order valence-electron chi connectivity index (χ3n) is 6.63. The molecule has 1 aliphatic carbocycles. The van der Waals surface area contributed by atoms with Gasteiger partial charge in [-0.25, -0.2) is 4.79 Å². The number of nitrogens with one attached hydrogen (secondary N) is 1. The number of urea groups is 1. The summed E-state index contributed by atoms with van der Waals surface area (Å²) in [4.78, 5) is 52.5. The monoisotopic (exact) mass is 413 g/mol. The quantitative estimate of drug-likeness (QED) is 0.598. The maximum absolute atomic E-state index is 12.9. The summed E-state index contributed by atoms with van der Waals surface area (Å²) in [5.74, 6) is -1.39. The summed E-state index contributed by atoms with van der Waals surface area (Å²) in [6.45, 7) is 2.14. The van der Waals surface area contributed by atoms with Crippen LogP contribution in [0.15, 0.2) is 24.3 Å². The fourth-order valence-corrected chi connectivity index (χ4v) is 4.76. The zero-order chi connectivity index (χ0) is 21.3. The SMILES string of the molecule is C[C@H]1CCCC[C@]12NC(=O)N(CC(=O)OCC(=O)N1CCc3ccccc3C1)C2=O. The summed E-state index contributed by atoms with van der Waals surface area (Å²) in [5, 5.41) is 2.80. The molecule has 1 aromatic carbocycles. The molecule has 1 saturated heterocycles. The molecular formula is C22H27N3O5. The average molecular weight is 413 g/mol. The Kier molecular flexibility index (Phi) is 5.49. The van der Waals surface area contributed by atoms with Crippen molar-refractivity contribution in [1.29, 1.82) is 0 Å². The van der Waals surface area contributed by atoms with Crippen LogP contribution in [0, 0.1) is 5.92 Å². The smallest absolute Gasteiger partial charge is 0.326 e. The molecule has 2 fully saturated rings. The van der Waals surface area contributed by atoms with E-state index in [4.69, 9.17) is 4.74 Å². The minimum atomic E-state index is -0.910. The van der Waals surface area contributed by atoms with Crippen LogP contribution in [-0.4, -0.2) is 58.8 Å². The molecular weight excluding hydrogens is 386 g/mol.